The molecule has 0 unspecified atom stereocenters. The van der Waals surface area contributed by atoms with Gasteiger partial charge in [-0.25, -0.2) is 0 Å². The van der Waals surface area contributed by atoms with E-state index in [-0.39, 0.29) is 6.71 Å². The van der Waals surface area contributed by atoms with Crippen LogP contribution in [-0.4, -0.2) is 11.1 Å². The van der Waals surface area contributed by atoms with Crippen molar-refractivity contribution in [3.8, 4) is 22.6 Å². The second kappa shape index (κ2) is 7.75. The first kappa shape index (κ1) is 21.0. The lowest BCUT2D eigenvalue weighted by molar-refractivity contribution is 0.488. The first-order chi connectivity index (χ1) is 19.4. The minimum absolute atomic E-state index is 0.0488. The van der Waals surface area contributed by atoms with Gasteiger partial charge in [0.2, 0.25) is 0 Å². The van der Waals surface area contributed by atoms with Crippen LogP contribution >= 0.6 is 0 Å². The Bertz CT molecular complexity index is 2210. The van der Waals surface area contributed by atoms with Crippen LogP contribution in [0.1, 0.15) is 0 Å². The summed E-state index contributed by atoms with van der Waals surface area (Å²) in [7, 11) is 0. The molecule has 0 radical (unpaired) electrons. The summed E-state index contributed by atoms with van der Waals surface area (Å²) >= 11 is 0. The second-order valence-corrected chi connectivity index (χ2v) is 10.5. The van der Waals surface area contributed by atoms with E-state index in [0.29, 0.717) is 0 Å². The van der Waals surface area contributed by atoms with E-state index in [0.717, 1.165) is 11.5 Å². The van der Waals surface area contributed by atoms with E-state index < -0.39 is 0 Å². The molecule has 9 rings (SSSR count). The largest absolute Gasteiger partial charge is 0.458 e. The standard InChI is InChI=1S/C36H22BNO/c1-2-11-23(12-3-1)24-13-4-6-17-29(24)37-30-18-7-9-20-34(30)39-35-21-28-27-16-10-15-26-25-14-5-8-19-32(25)38(36(26)27)33(28)22-31(35)37/h1-22H. The molecule has 3 heteroatoms. The molecule has 2 nitrogen and oxygen atoms in total. The maximum Gasteiger partial charge on any atom is 0.251 e. The molecule has 39 heavy (non-hydrogen) atoms. The van der Waals surface area contributed by atoms with Crippen LogP contribution in [0.5, 0.6) is 11.5 Å². The molecule has 2 aromatic heterocycles. The molecule has 0 saturated heterocycles. The molecule has 0 N–H and O–H groups in total. The monoisotopic (exact) mass is 495 g/mol. The molecule has 0 aliphatic carbocycles. The van der Waals surface area contributed by atoms with E-state index >= 15 is 0 Å². The normalized spacial score (nSPS) is 12.8. The average Bonchev–Trinajstić information content (AvgIpc) is 3.51. The number of hydrogen-bond donors (Lipinski definition) is 0. The molecular weight excluding hydrogens is 473 g/mol. The topological polar surface area (TPSA) is 13.6 Å². The van der Waals surface area contributed by atoms with Gasteiger partial charge in [-0.05, 0) is 46.3 Å². The summed E-state index contributed by atoms with van der Waals surface area (Å²) in [5.41, 5.74) is 9.94. The lowest BCUT2D eigenvalue weighted by Crippen LogP contribution is -2.55. The highest BCUT2D eigenvalue weighted by molar-refractivity contribution is 6.97. The van der Waals surface area contributed by atoms with Crippen LogP contribution in [0.25, 0.3) is 49.2 Å². The van der Waals surface area contributed by atoms with Gasteiger partial charge < -0.3 is 9.14 Å². The van der Waals surface area contributed by atoms with Crippen molar-refractivity contribution in [2.24, 2.45) is 0 Å². The van der Waals surface area contributed by atoms with Gasteiger partial charge in [-0.1, -0.05) is 115 Å². The summed E-state index contributed by atoms with van der Waals surface area (Å²) < 4.78 is 9.10. The molecule has 3 heterocycles. The highest BCUT2D eigenvalue weighted by Gasteiger charge is 2.35. The van der Waals surface area contributed by atoms with Crippen molar-refractivity contribution in [1.82, 2.24) is 4.40 Å². The fourth-order valence-corrected chi connectivity index (χ4v) is 6.85. The highest BCUT2D eigenvalue weighted by atomic mass is 16.5. The van der Waals surface area contributed by atoms with Crippen LogP contribution in [0.2, 0.25) is 0 Å². The number of para-hydroxylation sites is 3. The predicted octanol–water partition coefficient (Wildman–Crippen LogP) is 7.13. The van der Waals surface area contributed by atoms with Gasteiger partial charge >= 0.3 is 0 Å². The van der Waals surface area contributed by atoms with Crippen LogP contribution in [0.4, 0.5) is 0 Å². The lowest BCUT2D eigenvalue weighted by Gasteiger charge is -2.28. The Morgan fingerprint density at radius 3 is 2.05 bits per heavy atom. The quantitative estimate of drug-likeness (QED) is 0.233. The van der Waals surface area contributed by atoms with Crippen molar-refractivity contribution in [2.75, 3.05) is 0 Å². The van der Waals surface area contributed by atoms with Crippen LogP contribution in [-0.2, 0) is 0 Å². The van der Waals surface area contributed by atoms with Gasteiger partial charge in [0.05, 0.1) is 16.6 Å². The summed E-state index contributed by atoms with van der Waals surface area (Å²) in [6.07, 6.45) is 0. The zero-order valence-electron chi connectivity index (χ0n) is 21.1. The summed E-state index contributed by atoms with van der Waals surface area (Å²) in [5, 5.41) is 5.09. The predicted molar refractivity (Wildman–Crippen MR) is 164 cm³/mol. The number of fused-ring (bicyclic) bond motifs is 8. The molecule has 0 amide bonds. The smallest absolute Gasteiger partial charge is 0.251 e. The van der Waals surface area contributed by atoms with Gasteiger partial charge in [0.15, 0.2) is 0 Å². The molecule has 8 aromatic rings. The van der Waals surface area contributed by atoms with E-state index in [1.54, 1.807) is 0 Å². The summed E-state index contributed by atoms with van der Waals surface area (Å²) in [4.78, 5) is 0. The summed E-state index contributed by atoms with van der Waals surface area (Å²) in [5.74, 6) is 1.87. The van der Waals surface area contributed by atoms with Gasteiger partial charge in [-0.3, -0.25) is 0 Å². The van der Waals surface area contributed by atoms with Crippen molar-refractivity contribution in [2.45, 2.75) is 0 Å². The lowest BCUT2D eigenvalue weighted by atomic mass is 9.35. The van der Waals surface area contributed by atoms with Crippen molar-refractivity contribution < 1.29 is 4.74 Å². The van der Waals surface area contributed by atoms with Crippen LogP contribution in [0.3, 0.4) is 0 Å². The van der Waals surface area contributed by atoms with E-state index in [2.05, 4.69) is 138 Å². The molecular formula is C36H22BNO. The highest BCUT2D eigenvalue weighted by Crippen LogP contribution is 2.40. The zero-order valence-corrected chi connectivity index (χ0v) is 21.1. The Morgan fingerprint density at radius 2 is 1.15 bits per heavy atom. The molecule has 0 atom stereocenters. The second-order valence-electron chi connectivity index (χ2n) is 10.5. The van der Waals surface area contributed by atoms with E-state index in [9.17, 15) is 0 Å². The molecule has 0 spiro atoms. The molecule has 6 aromatic carbocycles. The SMILES string of the molecule is c1ccc(-c2ccccc2B2c3ccccc3Oc3cc4c5cccc6c7ccccc7n(c4cc32)c65)cc1. The minimum atomic E-state index is 0.0488. The Morgan fingerprint density at radius 1 is 0.462 bits per heavy atom. The van der Waals surface area contributed by atoms with Gasteiger partial charge in [0, 0.05) is 21.5 Å². The number of hydrogen-bond acceptors (Lipinski definition) is 1. The third kappa shape index (κ3) is 2.82. The molecule has 1 aliphatic rings. The number of nitrogens with zero attached hydrogens (tertiary/aromatic N) is 1. The third-order valence-corrected chi connectivity index (χ3v) is 8.47. The maximum absolute atomic E-state index is 6.65. The fraction of sp³-hybridized carbons (Fsp3) is 0. The molecule has 1 aliphatic heterocycles. The maximum atomic E-state index is 6.65. The first-order valence-electron chi connectivity index (χ1n) is 13.5. The Balaban J connectivity index is 1.40. The average molecular weight is 495 g/mol. The zero-order chi connectivity index (χ0) is 25.5. The molecule has 0 bridgehead atoms. The van der Waals surface area contributed by atoms with Gasteiger partial charge in [0.1, 0.15) is 11.5 Å². The Hall–Kier alpha value is -5.02. The summed E-state index contributed by atoms with van der Waals surface area (Å²) in [6, 6.07) is 48.1. The molecule has 180 valence electrons. The number of rotatable bonds is 2. The number of benzene rings is 6. The van der Waals surface area contributed by atoms with Crippen LogP contribution in [0, 0.1) is 0 Å². The van der Waals surface area contributed by atoms with E-state index in [4.69, 9.17) is 4.74 Å². The molecule has 0 saturated carbocycles. The Labute approximate surface area is 226 Å². The van der Waals surface area contributed by atoms with Crippen molar-refractivity contribution in [3.05, 3.63) is 133 Å². The fourth-order valence-electron chi connectivity index (χ4n) is 6.85. The van der Waals surface area contributed by atoms with Crippen LogP contribution < -0.4 is 21.1 Å². The van der Waals surface area contributed by atoms with Crippen molar-refractivity contribution in [3.63, 3.8) is 0 Å². The number of aromatic nitrogens is 1. The first-order valence-corrected chi connectivity index (χ1v) is 13.5. The molecule has 0 fully saturated rings. The summed E-state index contributed by atoms with van der Waals surface area (Å²) in [6.45, 7) is 0.0488. The van der Waals surface area contributed by atoms with Crippen molar-refractivity contribution >= 4 is 61.2 Å². The van der Waals surface area contributed by atoms with Gasteiger partial charge in [-0.2, -0.15) is 0 Å². The third-order valence-electron chi connectivity index (χ3n) is 8.47. The van der Waals surface area contributed by atoms with Crippen molar-refractivity contribution in [1.29, 1.82) is 0 Å². The minimum Gasteiger partial charge on any atom is -0.458 e. The van der Waals surface area contributed by atoms with Gasteiger partial charge in [-0.15, -0.1) is 0 Å². The Kier molecular flexibility index (Phi) is 4.17. The number of ether oxygens (including phenoxy) is 1. The van der Waals surface area contributed by atoms with Gasteiger partial charge in [0.25, 0.3) is 6.71 Å². The van der Waals surface area contributed by atoms with Crippen LogP contribution in [0.15, 0.2) is 133 Å². The van der Waals surface area contributed by atoms with E-state index in [1.807, 2.05) is 0 Å². The van der Waals surface area contributed by atoms with E-state index in [1.165, 1.54) is 65.6 Å².